The van der Waals surface area contributed by atoms with Gasteiger partial charge in [0.25, 0.3) is 5.91 Å². The van der Waals surface area contributed by atoms with Crippen molar-refractivity contribution >= 4 is 43.6 Å². The van der Waals surface area contributed by atoms with Crippen LogP contribution in [0.5, 0.6) is 5.75 Å². The summed E-state index contributed by atoms with van der Waals surface area (Å²) in [6.45, 7) is 4.86. The molecule has 0 spiro atoms. The first-order valence-corrected chi connectivity index (χ1v) is 11.6. The van der Waals surface area contributed by atoms with E-state index < -0.39 is 0 Å². The van der Waals surface area contributed by atoms with Crippen LogP contribution >= 0.6 is 11.3 Å². The van der Waals surface area contributed by atoms with Gasteiger partial charge in [-0.3, -0.25) is 14.6 Å². The number of aromatic nitrogens is 1. The molecule has 0 aliphatic carbocycles. The van der Waals surface area contributed by atoms with E-state index in [-0.39, 0.29) is 5.91 Å². The minimum Gasteiger partial charge on any atom is -0.497 e. The Kier molecular flexibility index (Phi) is 6.07. The number of methoxy groups -OCH3 is 1. The molecule has 1 saturated heterocycles. The van der Waals surface area contributed by atoms with Gasteiger partial charge in [-0.25, -0.2) is 4.98 Å². The molecule has 2 aromatic heterocycles. The van der Waals surface area contributed by atoms with Gasteiger partial charge < -0.3 is 13.9 Å². The number of para-hydroxylation sites is 1. The summed E-state index contributed by atoms with van der Waals surface area (Å²) in [6.07, 6.45) is 0.839. The highest BCUT2D eigenvalue weighted by molar-refractivity contribution is 7.22. The molecule has 2 aromatic carbocycles. The van der Waals surface area contributed by atoms with Crippen molar-refractivity contribution in [3.63, 3.8) is 0 Å². The highest BCUT2D eigenvalue weighted by Crippen LogP contribution is 2.33. The van der Waals surface area contributed by atoms with Crippen LogP contribution in [-0.2, 0) is 4.74 Å². The molecule has 1 amide bonds. The van der Waals surface area contributed by atoms with Crippen molar-refractivity contribution in [3.05, 3.63) is 54.3 Å². The summed E-state index contributed by atoms with van der Waals surface area (Å²) >= 11 is 1.49. The van der Waals surface area contributed by atoms with Crippen molar-refractivity contribution < 1.29 is 18.7 Å². The highest BCUT2D eigenvalue weighted by atomic mass is 32.1. The van der Waals surface area contributed by atoms with E-state index in [0.717, 1.165) is 60.6 Å². The van der Waals surface area contributed by atoms with Crippen molar-refractivity contribution in [3.8, 4) is 5.75 Å². The average Bonchev–Trinajstić information content (AvgIpc) is 3.45. The molecule has 1 fully saturated rings. The van der Waals surface area contributed by atoms with Gasteiger partial charge in [0.2, 0.25) is 0 Å². The van der Waals surface area contributed by atoms with Gasteiger partial charge in [0.1, 0.15) is 11.3 Å². The van der Waals surface area contributed by atoms with E-state index in [1.807, 2.05) is 48.5 Å². The maximum Gasteiger partial charge on any atom is 0.295 e. The van der Waals surface area contributed by atoms with Crippen LogP contribution in [0, 0.1) is 0 Å². The van der Waals surface area contributed by atoms with Gasteiger partial charge in [-0.15, -0.1) is 0 Å². The van der Waals surface area contributed by atoms with E-state index in [4.69, 9.17) is 18.9 Å². The first kappa shape index (κ1) is 20.9. The Bertz CT molecular complexity index is 1200. The Morgan fingerprint density at radius 2 is 2.03 bits per heavy atom. The summed E-state index contributed by atoms with van der Waals surface area (Å²) in [5.41, 5.74) is 1.56. The normalized spacial score (nSPS) is 14.8. The second kappa shape index (κ2) is 9.28. The van der Waals surface area contributed by atoms with Crippen molar-refractivity contribution in [2.45, 2.75) is 6.42 Å². The Labute approximate surface area is 190 Å². The molecule has 4 aromatic rings. The lowest BCUT2D eigenvalue weighted by atomic mass is 10.2. The summed E-state index contributed by atoms with van der Waals surface area (Å²) in [4.78, 5) is 22.4. The maximum absolute atomic E-state index is 13.5. The van der Waals surface area contributed by atoms with Crippen LogP contribution in [0.3, 0.4) is 0 Å². The molecular weight excluding hydrogens is 426 g/mol. The van der Waals surface area contributed by atoms with Gasteiger partial charge in [0, 0.05) is 31.6 Å². The molecule has 0 N–H and O–H groups in total. The van der Waals surface area contributed by atoms with E-state index in [2.05, 4.69) is 4.90 Å². The van der Waals surface area contributed by atoms with Crippen LogP contribution in [0.15, 0.2) is 52.9 Å². The second-order valence-corrected chi connectivity index (χ2v) is 8.75. The highest BCUT2D eigenvalue weighted by Gasteiger charge is 2.25. The predicted octanol–water partition coefficient (Wildman–Crippen LogP) is 4.42. The Hall–Kier alpha value is -2.94. The Morgan fingerprint density at radius 3 is 2.84 bits per heavy atom. The van der Waals surface area contributed by atoms with Gasteiger partial charge in [-0.05, 0) is 36.8 Å². The van der Waals surface area contributed by atoms with Gasteiger partial charge in [0.05, 0.1) is 30.5 Å². The fourth-order valence-corrected chi connectivity index (χ4v) is 4.94. The second-order valence-electron chi connectivity index (χ2n) is 7.74. The van der Waals surface area contributed by atoms with Crippen molar-refractivity contribution in [1.82, 2.24) is 9.88 Å². The number of benzene rings is 2. The van der Waals surface area contributed by atoms with E-state index >= 15 is 0 Å². The number of hydrogen-bond acceptors (Lipinski definition) is 7. The molecule has 0 unspecified atom stereocenters. The molecule has 0 radical (unpaired) electrons. The fourth-order valence-electron chi connectivity index (χ4n) is 3.92. The van der Waals surface area contributed by atoms with Crippen LogP contribution in [0.25, 0.3) is 21.2 Å². The number of anilines is 1. The topological polar surface area (TPSA) is 68.0 Å². The summed E-state index contributed by atoms with van der Waals surface area (Å²) in [6, 6.07) is 15.2. The molecule has 166 valence electrons. The molecule has 0 bridgehead atoms. The number of hydrogen-bond donors (Lipinski definition) is 0. The predicted molar refractivity (Wildman–Crippen MR) is 126 cm³/mol. The van der Waals surface area contributed by atoms with Crippen molar-refractivity contribution in [1.29, 1.82) is 0 Å². The van der Waals surface area contributed by atoms with Crippen molar-refractivity contribution in [2.24, 2.45) is 0 Å². The molecule has 0 atom stereocenters. The number of rotatable bonds is 7. The molecular formula is C24H25N3O4S. The number of carbonyl (C=O) groups is 1. The molecule has 3 heterocycles. The Balaban J connectivity index is 1.42. The van der Waals surface area contributed by atoms with Crippen LogP contribution < -0.4 is 9.64 Å². The zero-order valence-electron chi connectivity index (χ0n) is 18.0. The van der Waals surface area contributed by atoms with E-state index in [1.54, 1.807) is 12.0 Å². The number of morpholine rings is 1. The minimum absolute atomic E-state index is 0.172. The number of nitrogens with zero attached hydrogens (tertiary/aromatic N) is 3. The number of fused-ring (bicyclic) bond motifs is 2. The van der Waals surface area contributed by atoms with Crippen LogP contribution in [0.1, 0.15) is 17.0 Å². The third-order valence-electron chi connectivity index (χ3n) is 5.66. The molecule has 1 aliphatic heterocycles. The SMILES string of the molecule is COc1ccc2nc(N(CCCN3CCOCC3)C(=O)c3cc4ccccc4o3)sc2c1. The quantitative estimate of drug-likeness (QED) is 0.414. The van der Waals surface area contributed by atoms with Crippen molar-refractivity contribution in [2.75, 3.05) is 51.4 Å². The first-order chi connectivity index (χ1) is 15.7. The fraction of sp³-hybridized carbons (Fsp3) is 0.333. The standard InChI is InChI=1S/C24H25N3O4S/c1-29-18-7-8-19-22(16-18)32-24(25-19)27(10-4-9-26-11-13-30-14-12-26)23(28)21-15-17-5-2-3-6-20(17)31-21/h2-3,5-8,15-16H,4,9-14H2,1H3. The van der Waals surface area contributed by atoms with Crippen LogP contribution in [0.2, 0.25) is 0 Å². The lowest BCUT2D eigenvalue weighted by Gasteiger charge is -2.27. The number of thiazole rings is 1. The van der Waals surface area contributed by atoms with Gasteiger partial charge >= 0.3 is 0 Å². The molecule has 0 saturated carbocycles. The van der Waals surface area contributed by atoms with E-state index in [1.165, 1.54) is 11.3 Å². The lowest BCUT2D eigenvalue weighted by Crippen LogP contribution is -2.39. The van der Waals surface area contributed by atoms with Crippen LogP contribution in [0.4, 0.5) is 5.13 Å². The van der Waals surface area contributed by atoms with Gasteiger partial charge in [0.15, 0.2) is 10.9 Å². The average molecular weight is 452 g/mol. The third kappa shape index (κ3) is 4.34. The zero-order valence-corrected chi connectivity index (χ0v) is 18.8. The molecule has 32 heavy (non-hydrogen) atoms. The molecule has 1 aliphatic rings. The zero-order chi connectivity index (χ0) is 21.9. The van der Waals surface area contributed by atoms with E-state index in [0.29, 0.717) is 23.0 Å². The first-order valence-electron chi connectivity index (χ1n) is 10.8. The van der Waals surface area contributed by atoms with Crippen LogP contribution in [-0.4, -0.2) is 62.3 Å². The molecule has 8 heteroatoms. The maximum atomic E-state index is 13.5. The number of amides is 1. The monoisotopic (exact) mass is 451 g/mol. The summed E-state index contributed by atoms with van der Waals surface area (Å²) in [7, 11) is 1.64. The number of furan rings is 1. The number of carbonyl (C=O) groups excluding carboxylic acids is 1. The van der Waals surface area contributed by atoms with Gasteiger partial charge in [-0.1, -0.05) is 29.5 Å². The summed E-state index contributed by atoms with van der Waals surface area (Å²) < 4.78 is 17.6. The smallest absolute Gasteiger partial charge is 0.295 e. The minimum atomic E-state index is -0.172. The molecule has 5 rings (SSSR count). The largest absolute Gasteiger partial charge is 0.497 e. The summed E-state index contributed by atoms with van der Waals surface area (Å²) in [5, 5.41) is 1.58. The molecule has 7 nitrogen and oxygen atoms in total. The summed E-state index contributed by atoms with van der Waals surface area (Å²) in [5.74, 6) is 0.929. The number of ether oxygens (including phenoxy) is 2. The van der Waals surface area contributed by atoms with Gasteiger partial charge in [-0.2, -0.15) is 0 Å². The lowest BCUT2D eigenvalue weighted by molar-refractivity contribution is 0.0376. The third-order valence-corrected chi connectivity index (χ3v) is 6.70. The Morgan fingerprint density at radius 1 is 1.19 bits per heavy atom. The van der Waals surface area contributed by atoms with E-state index in [9.17, 15) is 4.79 Å².